The van der Waals surface area contributed by atoms with Crippen molar-refractivity contribution in [1.29, 1.82) is 0 Å². The lowest BCUT2D eigenvalue weighted by molar-refractivity contribution is -0.0545. The molecule has 1 atom stereocenters. The van der Waals surface area contributed by atoms with E-state index in [0.717, 1.165) is 24.2 Å². The summed E-state index contributed by atoms with van der Waals surface area (Å²) in [4.78, 5) is 0. The second kappa shape index (κ2) is 5.01. The number of aryl methyl sites for hydroxylation is 2. The van der Waals surface area contributed by atoms with Crippen molar-refractivity contribution in [2.24, 2.45) is 23.2 Å². The van der Waals surface area contributed by atoms with Gasteiger partial charge >= 0.3 is 0 Å². The maximum atomic E-state index is 7.06. The van der Waals surface area contributed by atoms with E-state index in [1.165, 1.54) is 55.2 Å². The Morgan fingerprint density at radius 1 is 1.05 bits per heavy atom. The first kappa shape index (κ1) is 14.1. The third-order valence-corrected chi connectivity index (χ3v) is 7.27. The fraction of sp³-hybridized carbons (Fsp3) is 0.700. The fourth-order valence-electron chi connectivity index (χ4n) is 5.99. The van der Waals surface area contributed by atoms with Gasteiger partial charge in [0.25, 0.3) is 0 Å². The minimum Gasteiger partial charge on any atom is -0.122 e. The van der Waals surface area contributed by atoms with E-state index in [1.807, 2.05) is 0 Å². The monoisotopic (exact) mass is 302 g/mol. The van der Waals surface area contributed by atoms with E-state index in [9.17, 15) is 0 Å². The lowest BCUT2D eigenvalue weighted by Gasteiger charge is -2.58. The fourth-order valence-corrected chi connectivity index (χ4v) is 6.42. The zero-order valence-electron chi connectivity index (χ0n) is 13.4. The molecule has 0 N–H and O–H groups in total. The molecule has 0 spiro atoms. The smallest absolute Gasteiger partial charge is 0.0433 e. The Bertz CT molecular complexity index is 509. The van der Waals surface area contributed by atoms with E-state index >= 15 is 0 Å². The van der Waals surface area contributed by atoms with Crippen molar-refractivity contribution in [3.05, 3.63) is 34.9 Å². The molecule has 4 fully saturated rings. The van der Waals surface area contributed by atoms with E-state index in [0.29, 0.717) is 10.8 Å². The minimum absolute atomic E-state index is 0.339. The van der Waals surface area contributed by atoms with Gasteiger partial charge in [0.1, 0.15) is 0 Å². The molecule has 4 saturated carbocycles. The summed E-state index contributed by atoms with van der Waals surface area (Å²) in [5.74, 6) is 2.99. The van der Waals surface area contributed by atoms with Crippen LogP contribution < -0.4 is 0 Å². The Balaban J connectivity index is 1.57. The first-order valence-corrected chi connectivity index (χ1v) is 9.18. The molecule has 4 bridgehead atoms. The first-order chi connectivity index (χ1) is 10.0. The molecular formula is C20H27Cl. The molecule has 21 heavy (non-hydrogen) atoms. The molecule has 0 radical (unpaired) electrons. The quantitative estimate of drug-likeness (QED) is 0.631. The summed E-state index contributed by atoms with van der Waals surface area (Å²) >= 11 is 7.06. The van der Waals surface area contributed by atoms with Crippen molar-refractivity contribution in [2.45, 2.75) is 64.2 Å². The largest absolute Gasteiger partial charge is 0.122 e. The van der Waals surface area contributed by atoms with Crippen molar-refractivity contribution >= 4 is 11.6 Å². The number of alkyl halides is 1. The lowest BCUT2D eigenvalue weighted by atomic mass is 9.48. The molecule has 5 rings (SSSR count). The Hall–Kier alpha value is -0.490. The van der Waals surface area contributed by atoms with E-state index in [1.54, 1.807) is 0 Å². The van der Waals surface area contributed by atoms with Gasteiger partial charge in [0.15, 0.2) is 0 Å². The van der Waals surface area contributed by atoms with Gasteiger partial charge < -0.3 is 0 Å². The van der Waals surface area contributed by atoms with E-state index in [-0.39, 0.29) is 0 Å². The first-order valence-electron chi connectivity index (χ1n) is 8.74. The topological polar surface area (TPSA) is 0 Å². The molecular weight excluding hydrogens is 276 g/mol. The average Bonchev–Trinajstić information content (AvgIpc) is 2.41. The van der Waals surface area contributed by atoms with Crippen molar-refractivity contribution in [3.8, 4) is 0 Å². The molecule has 114 valence electrons. The number of rotatable bonds is 3. The molecule has 0 aromatic heterocycles. The molecule has 1 aromatic carbocycles. The zero-order chi connectivity index (χ0) is 14.6. The highest BCUT2D eigenvalue weighted by Crippen LogP contribution is 2.62. The minimum atomic E-state index is 0.339. The maximum absolute atomic E-state index is 7.06. The van der Waals surface area contributed by atoms with Crippen LogP contribution in [0, 0.1) is 37.0 Å². The van der Waals surface area contributed by atoms with Crippen molar-refractivity contribution < 1.29 is 0 Å². The van der Waals surface area contributed by atoms with Crippen LogP contribution in [0.2, 0.25) is 0 Å². The van der Waals surface area contributed by atoms with Crippen LogP contribution in [-0.4, -0.2) is 5.38 Å². The summed E-state index contributed by atoms with van der Waals surface area (Å²) in [6.07, 6.45) is 9.83. The predicted octanol–water partition coefficient (Wildman–Crippen LogP) is 5.67. The predicted molar refractivity (Wildman–Crippen MR) is 89.9 cm³/mol. The number of hydrogen-bond donors (Lipinski definition) is 0. The normalized spacial score (nSPS) is 38.7. The van der Waals surface area contributed by atoms with Gasteiger partial charge in [-0.2, -0.15) is 0 Å². The maximum Gasteiger partial charge on any atom is 0.0433 e. The summed E-state index contributed by atoms with van der Waals surface area (Å²) in [6, 6.07) is 6.83. The van der Waals surface area contributed by atoms with Crippen LogP contribution in [0.4, 0.5) is 0 Å². The van der Waals surface area contributed by atoms with Crippen LogP contribution in [-0.2, 0) is 6.42 Å². The molecule has 4 aliphatic carbocycles. The van der Waals surface area contributed by atoms with Gasteiger partial charge in [-0.1, -0.05) is 23.8 Å². The van der Waals surface area contributed by atoms with Crippen LogP contribution >= 0.6 is 11.6 Å². The summed E-state index contributed by atoms with van der Waals surface area (Å²) in [6.45, 7) is 4.43. The molecule has 1 aromatic rings. The SMILES string of the molecule is Cc1ccc(C)c(CC(Cl)C23CC4CC(CC(C4)C2)C3)c1. The van der Waals surface area contributed by atoms with Crippen LogP contribution in [0.1, 0.15) is 55.2 Å². The molecule has 1 heteroatoms. The Labute approximate surface area is 134 Å². The summed E-state index contributed by atoms with van der Waals surface area (Å²) in [5.41, 5.74) is 4.72. The molecule has 0 heterocycles. The molecule has 0 aliphatic heterocycles. The third-order valence-electron chi connectivity index (χ3n) is 6.65. The molecule has 4 aliphatic rings. The van der Waals surface area contributed by atoms with Gasteiger partial charge in [-0.25, -0.2) is 0 Å². The van der Waals surface area contributed by atoms with Crippen LogP contribution in [0.25, 0.3) is 0 Å². The number of halogens is 1. The summed E-state index contributed by atoms with van der Waals surface area (Å²) in [5, 5.41) is 0.339. The highest BCUT2D eigenvalue weighted by atomic mass is 35.5. The molecule has 0 amide bonds. The van der Waals surface area contributed by atoms with Gasteiger partial charge in [0.2, 0.25) is 0 Å². The van der Waals surface area contributed by atoms with Crippen molar-refractivity contribution in [3.63, 3.8) is 0 Å². The lowest BCUT2D eigenvalue weighted by Crippen LogP contribution is -2.50. The Morgan fingerprint density at radius 2 is 1.62 bits per heavy atom. The van der Waals surface area contributed by atoms with Crippen LogP contribution in [0.5, 0.6) is 0 Å². The Kier molecular flexibility index (Phi) is 3.37. The third kappa shape index (κ3) is 2.44. The van der Waals surface area contributed by atoms with Gasteiger partial charge in [0, 0.05) is 5.38 Å². The molecule has 0 nitrogen and oxygen atoms in total. The van der Waals surface area contributed by atoms with Crippen molar-refractivity contribution in [1.82, 2.24) is 0 Å². The highest BCUT2D eigenvalue weighted by Gasteiger charge is 2.53. The van der Waals surface area contributed by atoms with Crippen LogP contribution in [0.15, 0.2) is 18.2 Å². The van der Waals surface area contributed by atoms with Gasteiger partial charge in [-0.05, 0) is 93.1 Å². The van der Waals surface area contributed by atoms with E-state index in [2.05, 4.69) is 32.0 Å². The second-order valence-corrected chi connectivity index (χ2v) is 8.91. The molecule has 1 unspecified atom stereocenters. The molecule has 0 saturated heterocycles. The van der Waals surface area contributed by atoms with Gasteiger partial charge in [0.05, 0.1) is 0 Å². The van der Waals surface area contributed by atoms with E-state index in [4.69, 9.17) is 11.6 Å². The second-order valence-electron chi connectivity index (χ2n) is 8.38. The Morgan fingerprint density at radius 3 is 2.19 bits per heavy atom. The van der Waals surface area contributed by atoms with E-state index < -0.39 is 0 Å². The number of benzene rings is 1. The van der Waals surface area contributed by atoms with Gasteiger partial charge in [-0.15, -0.1) is 11.6 Å². The zero-order valence-corrected chi connectivity index (χ0v) is 14.1. The number of hydrogen-bond acceptors (Lipinski definition) is 0. The highest BCUT2D eigenvalue weighted by molar-refractivity contribution is 6.21. The van der Waals surface area contributed by atoms with Gasteiger partial charge in [-0.3, -0.25) is 0 Å². The summed E-state index contributed by atoms with van der Waals surface area (Å²) < 4.78 is 0. The standard InChI is InChI=1S/C20H27Cl/c1-13-3-4-14(2)18(5-13)9-19(21)20-10-15-6-16(11-20)8-17(7-15)12-20/h3-5,15-17,19H,6-12H2,1-2H3. The van der Waals surface area contributed by atoms with Crippen LogP contribution in [0.3, 0.4) is 0 Å². The van der Waals surface area contributed by atoms with Crippen molar-refractivity contribution in [2.75, 3.05) is 0 Å². The average molecular weight is 303 g/mol. The summed E-state index contributed by atoms with van der Waals surface area (Å²) in [7, 11) is 0.